The van der Waals surface area contributed by atoms with E-state index in [-0.39, 0.29) is 24.8 Å². The van der Waals surface area contributed by atoms with Crippen molar-refractivity contribution in [3.63, 3.8) is 0 Å². The van der Waals surface area contributed by atoms with E-state index >= 15 is 0 Å². The van der Waals surface area contributed by atoms with Crippen molar-refractivity contribution in [1.29, 1.82) is 0 Å². The number of aliphatic hydroxyl groups excluding tert-OH is 2. The Morgan fingerprint density at radius 1 is 0.800 bits per heavy atom. The van der Waals surface area contributed by atoms with Gasteiger partial charge in [0.15, 0.2) is 12.3 Å². The normalized spacial score (nSPS) is 23.3. The van der Waals surface area contributed by atoms with Crippen molar-refractivity contribution in [3.8, 4) is 0 Å². The van der Waals surface area contributed by atoms with Crippen LogP contribution in [0.3, 0.4) is 0 Å². The Bertz CT molecular complexity index is 1810. The quantitative estimate of drug-likeness (QED) is 0.0147. The number of carbonyl (C=O) groups is 2. The first kappa shape index (κ1) is 56.3. The molecule has 3 rings (SSSR count). The molecule has 0 spiro atoms. The van der Waals surface area contributed by atoms with Crippen LogP contribution in [0.2, 0.25) is 0 Å². The zero-order chi connectivity index (χ0) is 47.7. The molecule has 0 radical (unpaired) electrons. The topological polar surface area (TPSA) is 278 Å². The van der Waals surface area contributed by atoms with Gasteiger partial charge in [0.25, 0.3) is 0 Å². The van der Waals surface area contributed by atoms with Crippen LogP contribution in [-0.4, -0.2) is 97.9 Å². The molecule has 19 nitrogen and oxygen atoms in total. The van der Waals surface area contributed by atoms with Gasteiger partial charge in [-0.1, -0.05) is 109 Å². The maximum Gasteiger partial charge on any atom is 0.481 e. The monoisotopic (exact) mass is 961 g/mol. The summed E-state index contributed by atoms with van der Waals surface area (Å²) in [5.74, 6) is -0.726. The Morgan fingerprint density at radius 2 is 1.43 bits per heavy atom. The second-order valence-corrected chi connectivity index (χ2v) is 19.8. The number of anilines is 1. The highest BCUT2D eigenvalue weighted by atomic mass is 31.3. The highest BCUT2D eigenvalue weighted by molar-refractivity contribution is 7.61. The van der Waals surface area contributed by atoms with Gasteiger partial charge in [-0.05, 0) is 63.4 Å². The fourth-order valence-electron chi connectivity index (χ4n) is 6.82. The van der Waals surface area contributed by atoms with Crippen LogP contribution in [0.25, 0.3) is 0 Å². The minimum Gasteiger partial charge on any atom is -0.462 e. The summed E-state index contributed by atoms with van der Waals surface area (Å²) in [4.78, 5) is 61.6. The van der Waals surface area contributed by atoms with Gasteiger partial charge in [0.2, 0.25) is 0 Å². The van der Waals surface area contributed by atoms with Crippen LogP contribution in [0.4, 0.5) is 5.82 Å². The number of nitrogen functional groups attached to an aromatic ring is 1. The Balaban J connectivity index is 1.42. The maximum absolute atomic E-state index is 12.8. The summed E-state index contributed by atoms with van der Waals surface area (Å²) in [6.07, 6.45) is 21.9. The van der Waals surface area contributed by atoms with Crippen molar-refractivity contribution in [2.24, 2.45) is 5.92 Å². The van der Waals surface area contributed by atoms with Gasteiger partial charge in [0.05, 0.1) is 25.4 Å². The van der Waals surface area contributed by atoms with Crippen molar-refractivity contribution in [2.45, 2.75) is 179 Å². The first-order valence-corrected chi connectivity index (χ1v) is 26.0. The number of aromatic nitrogens is 2. The van der Waals surface area contributed by atoms with E-state index in [4.69, 9.17) is 33.7 Å². The molecular formula is C44H73N3O16P2. The van der Waals surface area contributed by atoms with Crippen molar-refractivity contribution in [3.05, 3.63) is 59.2 Å². The van der Waals surface area contributed by atoms with Crippen molar-refractivity contribution < 1.29 is 71.0 Å². The number of phosphoric acid groups is 2. The largest absolute Gasteiger partial charge is 0.481 e. The maximum atomic E-state index is 12.8. The molecule has 1 aromatic rings. The number of nitrogens with zero attached hydrogens (tertiary/aromatic N) is 2. The van der Waals surface area contributed by atoms with Gasteiger partial charge >= 0.3 is 33.3 Å². The third-order valence-electron chi connectivity index (χ3n) is 10.6. The molecule has 9 atom stereocenters. The highest BCUT2D eigenvalue weighted by Crippen LogP contribution is 2.60. The van der Waals surface area contributed by atoms with Crippen molar-refractivity contribution in [2.75, 3.05) is 25.6 Å². The minimum absolute atomic E-state index is 0.0325. The summed E-state index contributed by atoms with van der Waals surface area (Å²) in [6, 6.07) is 1.24. The molecule has 21 heteroatoms. The van der Waals surface area contributed by atoms with Gasteiger partial charge in [0.1, 0.15) is 30.7 Å². The van der Waals surface area contributed by atoms with E-state index in [0.717, 1.165) is 68.6 Å². The minimum atomic E-state index is -5.43. The first-order valence-electron chi connectivity index (χ1n) is 23.0. The molecule has 0 aromatic carbocycles. The second kappa shape index (κ2) is 30.3. The van der Waals surface area contributed by atoms with Crippen LogP contribution < -0.4 is 11.4 Å². The number of ether oxygens (including phenoxy) is 4. The van der Waals surface area contributed by atoms with E-state index in [9.17, 15) is 43.5 Å². The SMILES string of the molecule is CCCCC/C=C\CC1OC1C/C=C\C/C=C\CCCC(=O)OC[C@H](COP(=O)(O)OP(=O)(O)OC[C@H]1O[C@@H](n2ccc(N)nc2=O)[C@H](O)[C@@H]1O)OC(=O)CCCCCCCCC(C)C. The first-order chi connectivity index (χ1) is 31.0. The van der Waals surface area contributed by atoms with Crippen LogP contribution in [0.1, 0.15) is 143 Å². The van der Waals surface area contributed by atoms with Crippen LogP contribution in [0.15, 0.2) is 53.5 Å². The zero-order valence-electron chi connectivity index (χ0n) is 38.1. The number of carbonyl (C=O) groups excluding carboxylic acids is 2. The second-order valence-electron chi connectivity index (χ2n) is 16.8. The van der Waals surface area contributed by atoms with Crippen LogP contribution in [-0.2, 0) is 51.0 Å². The number of aliphatic hydroxyl groups is 2. The smallest absolute Gasteiger partial charge is 0.462 e. The molecule has 6 N–H and O–H groups in total. The summed E-state index contributed by atoms with van der Waals surface area (Å²) >= 11 is 0. The number of nitrogens with two attached hydrogens (primary N) is 1. The summed E-state index contributed by atoms with van der Waals surface area (Å²) in [7, 11) is -10.9. The standard InChI is InChI=1S/C44H73N3O16P2/c1-4-5-6-7-14-19-24-35-36(61-35)25-20-15-9-8-10-16-21-26-39(48)57-30-34(60-40(49)27-22-17-12-11-13-18-23-33(2)3)31-58-64(53,54)63-65(55,56)59-32-37-41(50)42(51)43(62-37)47-29-28-38(45)46-44(47)52/h8,10,14-15,19-20,28-29,33-37,41-43,50-51H,4-7,9,11-13,16-18,21-27,30-32H2,1-3H3,(H,53,54)(H,55,56)(H2,45,46,52)/b10-8-,19-14-,20-15-/t34-,35?,36?,37-,41-,42-,43-/m1/s1. The third-order valence-corrected chi connectivity index (χ3v) is 13.2. The molecule has 4 unspecified atom stereocenters. The van der Waals surface area contributed by atoms with Gasteiger partial charge in [-0.2, -0.15) is 9.29 Å². The van der Waals surface area contributed by atoms with Crippen molar-refractivity contribution in [1.82, 2.24) is 9.55 Å². The number of rotatable bonds is 35. The average molecular weight is 962 g/mol. The molecule has 0 amide bonds. The number of esters is 2. The molecular weight excluding hydrogens is 888 g/mol. The number of hydrogen-bond donors (Lipinski definition) is 5. The zero-order valence-corrected chi connectivity index (χ0v) is 39.9. The summed E-state index contributed by atoms with van der Waals surface area (Å²) in [5, 5.41) is 20.8. The van der Waals surface area contributed by atoms with E-state index in [1.165, 1.54) is 31.7 Å². The van der Waals surface area contributed by atoms with Crippen LogP contribution in [0, 0.1) is 5.92 Å². The summed E-state index contributed by atoms with van der Waals surface area (Å²) in [6.45, 7) is 4.21. The Hall–Kier alpha value is -3.06. The molecule has 370 valence electrons. The Labute approximate surface area is 382 Å². The summed E-state index contributed by atoms with van der Waals surface area (Å²) < 4.78 is 62.2. The summed E-state index contributed by atoms with van der Waals surface area (Å²) in [5.41, 5.74) is 4.57. The molecule has 2 saturated heterocycles. The molecule has 2 fully saturated rings. The molecule has 65 heavy (non-hydrogen) atoms. The van der Waals surface area contributed by atoms with Gasteiger partial charge in [-0.25, -0.2) is 13.9 Å². The lowest BCUT2D eigenvalue weighted by molar-refractivity contribution is -0.161. The van der Waals surface area contributed by atoms with Crippen LogP contribution >= 0.6 is 15.6 Å². The van der Waals surface area contributed by atoms with E-state index in [1.807, 2.05) is 12.2 Å². The number of allylic oxidation sites excluding steroid dienone is 4. The predicted octanol–water partition coefficient (Wildman–Crippen LogP) is 7.28. The van der Waals surface area contributed by atoms with Gasteiger partial charge in [0, 0.05) is 19.0 Å². The lowest BCUT2D eigenvalue weighted by Crippen LogP contribution is -2.36. The average Bonchev–Trinajstić information content (AvgIpc) is 3.93. The molecule has 2 aliphatic heterocycles. The predicted molar refractivity (Wildman–Crippen MR) is 242 cm³/mol. The van der Waals surface area contributed by atoms with E-state index < -0.39 is 83.7 Å². The Kier molecular flexibility index (Phi) is 26.3. The lowest BCUT2D eigenvalue weighted by Gasteiger charge is -2.21. The molecule has 1 aromatic heterocycles. The van der Waals surface area contributed by atoms with E-state index in [2.05, 4.69) is 54.4 Å². The molecule has 2 aliphatic rings. The molecule has 0 bridgehead atoms. The van der Waals surface area contributed by atoms with Gasteiger partial charge < -0.3 is 44.7 Å². The van der Waals surface area contributed by atoms with Crippen LogP contribution in [0.5, 0.6) is 0 Å². The number of epoxide rings is 1. The van der Waals surface area contributed by atoms with Crippen molar-refractivity contribution >= 4 is 33.4 Å². The number of unbranched alkanes of at least 4 members (excludes halogenated alkanes) is 9. The van der Waals surface area contributed by atoms with Gasteiger partial charge in [-0.15, -0.1) is 0 Å². The fourth-order valence-corrected chi connectivity index (χ4v) is 8.93. The van der Waals surface area contributed by atoms with Gasteiger partial charge in [-0.3, -0.25) is 23.2 Å². The Morgan fingerprint density at radius 3 is 2.14 bits per heavy atom. The molecule has 3 heterocycles. The van der Waals surface area contributed by atoms with E-state index in [0.29, 0.717) is 31.3 Å². The number of phosphoric ester groups is 2. The number of hydrogen-bond acceptors (Lipinski definition) is 16. The highest BCUT2D eigenvalue weighted by Gasteiger charge is 2.46. The molecule has 0 aliphatic carbocycles. The fraction of sp³-hybridized carbons (Fsp3) is 0.727. The lowest BCUT2D eigenvalue weighted by atomic mass is 10.0. The van der Waals surface area contributed by atoms with E-state index in [1.54, 1.807) is 0 Å². The third kappa shape index (κ3) is 24.0. The molecule has 0 saturated carbocycles.